The van der Waals surface area contributed by atoms with E-state index in [4.69, 9.17) is 14.2 Å². The molecule has 356 valence electrons. The van der Waals surface area contributed by atoms with Gasteiger partial charge in [0.1, 0.15) is 13.2 Å². The lowest BCUT2D eigenvalue weighted by Crippen LogP contribution is -2.30. The summed E-state index contributed by atoms with van der Waals surface area (Å²) >= 11 is 0. The van der Waals surface area contributed by atoms with Crippen molar-refractivity contribution in [1.82, 2.24) is 0 Å². The fraction of sp³-hybridized carbons (Fsp3) is 0.534. The number of unbranched alkanes of at least 4 members (excludes halogenated alkanes) is 16. The maximum absolute atomic E-state index is 12.8. The van der Waals surface area contributed by atoms with Crippen LogP contribution in [-0.2, 0) is 28.6 Å². The predicted molar refractivity (Wildman–Crippen MR) is 274 cm³/mol. The molecule has 0 spiro atoms. The third-order valence-electron chi connectivity index (χ3n) is 9.84. The highest BCUT2D eigenvalue weighted by molar-refractivity contribution is 5.71. The van der Waals surface area contributed by atoms with Crippen molar-refractivity contribution in [3.63, 3.8) is 0 Å². The molecule has 0 aliphatic heterocycles. The number of carbonyl (C=O) groups is 3. The minimum atomic E-state index is -0.823. The zero-order valence-electron chi connectivity index (χ0n) is 40.5. The summed E-state index contributed by atoms with van der Waals surface area (Å²) < 4.78 is 16.7. The Morgan fingerprint density at radius 2 is 0.609 bits per heavy atom. The van der Waals surface area contributed by atoms with E-state index in [0.29, 0.717) is 12.8 Å². The van der Waals surface area contributed by atoms with Crippen LogP contribution in [0.3, 0.4) is 0 Å². The Morgan fingerprint density at radius 3 is 0.969 bits per heavy atom. The molecule has 0 rings (SSSR count). The van der Waals surface area contributed by atoms with E-state index < -0.39 is 6.10 Å². The van der Waals surface area contributed by atoms with Crippen molar-refractivity contribution in [2.24, 2.45) is 0 Å². The molecule has 1 unspecified atom stereocenters. The molecule has 1 atom stereocenters. The van der Waals surface area contributed by atoms with Crippen LogP contribution >= 0.6 is 0 Å². The first kappa shape index (κ1) is 59.3. The van der Waals surface area contributed by atoms with Crippen molar-refractivity contribution in [2.75, 3.05) is 13.2 Å². The van der Waals surface area contributed by atoms with E-state index in [0.717, 1.165) is 122 Å². The zero-order valence-corrected chi connectivity index (χ0v) is 40.5. The first-order chi connectivity index (χ1) is 31.5. The normalized spacial score (nSPS) is 13.4. The number of rotatable bonds is 42. The van der Waals surface area contributed by atoms with Crippen LogP contribution in [0.4, 0.5) is 0 Å². The fourth-order valence-electron chi connectivity index (χ4n) is 6.12. The third kappa shape index (κ3) is 48.3. The first-order valence-electron chi connectivity index (χ1n) is 25.0. The summed E-state index contributed by atoms with van der Waals surface area (Å²) in [5.74, 6) is -1.02. The van der Waals surface area contributed by atoms with Crippen LogP contribution in [0.5, 0.6) is 0 Å². The minimum Gasteiger partial charge on any atom is -0.462 e. The predicted octanol–water partition coefficient (Wildman–Crippen LogP) is 16.5. The number of hydrogen-bond acceptors (Lipinski definition) is 6. The van der Waals surface area contributed by atoms with Gasteiger partial charge in [-0.1, -0.05) is 224 Å². The molecule has 64 heavy (non-hydrogen) atoms. The zero-order chi connectivity index (χ0) is 46.5. The molecule has 6 nitrogen and oxygen atoms in total. The van der Waals surface area contributed by atoms with Gasteiger partial charge in [0.25, 0.3) is 0 Å². The third-order valence-corrected chi connectivity index (χ3v) is 9.84. The smallest absolute Gasteiger partial charge is 0.306 e. The Morgan fingerprint density at radius 1 is 0.328 bits per heavy atom. The quantitative estimate of drug-likeness (QED) is 0.0263. The molecule has 0 aromatic heterocycles. The number of hydrogen-bond donors (Lipinski definition) is 0. The highest BCUT2D eigenvalue weighted by Crippen LogP contribution is 2.12. The second-order valence-corrected chi connectivity index (χ2v) is 15.9. The van der Waals surface area contributed by atoms with Crippen molar-refractivity contribution in [3.05, 3.63) is 146 Å². The maximum atomic E-state index is 12.8. The lowest BCUT2D eigenvalue weighted by molar-refractivity contribution is -0.167. The van der Waals surface area contributed by atoms with Crippen LogP contribution < -0.4 is 0 Å². The van der Waals surface area contributed by atoms with Crippen molar-refractivity contribution in [1.29, 1.82) is 0 Å². The molecule has 0 saturated heterocycles. The molecule has 0 aliphatic carbocycles. The van der Waals surface area contributed by atoms with Gasteiger partial charge in [0.15, 0.2) is 6.10 Å². The minimum absolute atomic E-state index is 0.120. The van der Waals surface area contributed by atoms with E-state index in [1.54, 1.807) is 0 Å². The summed E-state index contributed by atoms with van der Waals surface area (Å²) in [6.45, 7) is 6.21. The van der Waals surface area contributed by atoms with E-state index in [1.165, 1.54) is 19.3 Å². The SMILES string of the molecule is CC/C=C/C=C/C=C/C=C/CCCCCCCC(=O)OC(COC(=O)CCCCC/C=C/C=C/C=C/C=C/CC)COC(=O)CCCCCCC/C=C/C=C/C=C/C=C/CCCCC. The average Bonchev–Trinajstić information content (AvgIpc) is 3.29. The average molecular weight is 881 g/mol. The highest BCUT2D eigenvalue weighted by atomic mass is 16.6. The number of allylic oxidation sites excluding steroid dienone is 24. The Hall–Kier alpha value is -4.71. The van der Waals surface area contributed by atoms with E-state index in [9.17, 15) is 14.4 Å². The summed E-state index contributed by atoms with van der Waals surface area (Å²) in [5.41, 5.74) is 0. The lowest BCUT2D eigenvalue weighted by atomic mass is 10.1. The van der Waals surface area contributed by atoms with Crippen LogP contribution in [0, 0.1) is 0 Å². The highest BCUT2D eigenvalue weighted by Gasteiger charge is 2.19. The van der Waals surface area contributed by atoms with Gasteiger partial charge in [-0.05, 0) is 83.5 Å². The van der Waals surface area contributed by atoms with Crippen molar-refractivity contribution >= 4 is 17.9 Å². The summed E-state index contributed by atoms with van der Waals surface area (Å²) in [6.07, 6.45) is 72.5. The number of carbonyl (C=O) groups excluding carboxylic acids is 3. The molecule has 0 bridgehead atoms. The second kappa shape index (κ2) is 50.9. The summed E-state index contributed by atoms with van der Waals surface area (Å²) in [5, 5.41) is 0. The van der Waals surface area contributed by atoms with Gasteiger partial charge in [-0.3, -0.25) is 14.4 Å². The van der Waals surface area contributed by atoms with Gasteiger partial charge in [-0.25, -0.2) is 0 Å². The molecule has 0 N–H and O–H groups in total. The first-order valence-corrected chi connectivity index (χ1v) is 25.0. The van der Waals surface area contributed by atoms with E-state index >= 15 is 0 Å². The molecule has 0 heterocycles. The second-order valence-electron chi connectivity index (χ2n) is 15.9. The summed E-state index contributed by atoms with van der Waals surface area (Å²) in [4.78, 5) is 37.9. The lowest BCUT2D eigenvalue weighted by Gasteiger charge is -2.18. The fourth-order valence-corrected chi connectivity index (χ4v) is 6.12. The van der Waals surface area contributed by atoms with Crippen molar-refractivity contribution < 1.29 is 28.6 Å². The van der Waals surface area contributed by atoms with Crippen LogP contribution in [0.1, 0.15) is 181 Å². The number of esters is 3. The molecular weight excluding hydrogens is 793 g/mol. The standard InChI is InChI=1S/C58H88O6/c1-4-7-10-13-16-19-22-25-27-28-29-31-33-36-39-42-45-48-51-57(60)63-54-55(53-62-56(59)50-47-44-41-38-35-32-24-21-18-15-12-9-6-3)64-58(61)52-49-46-43-40-37-34-30-26-23-20-17-14-11-8-5-2/h8-9,11-12,14-32,35,55H,4-7,10,13,33-34,36-54H2,1-3H3/b11-8+,12-9+,17-14+,18-15+,19-16+,23-20+,24-21+,25-22+,28-27+,30-26+,31-29+,35-32+. The Bertz CT molecular complexity index is 1480. The van der Waals surface area contributed by atoms with E-state index in [2.05, 4.69) is 106 Å². The molecule has 0 aromatic carbocycles. The van der Waals surface area contributed by atoms with Gasteiger partial charge >= 0.3 is 17.9 Å². The molecule has 0 saturated carbocycles. The van der Waals surface area contributed by atoms with Gasteiger partial charge in [0, 0.05) is 19.3 Å². The topological polar surface area (TPSA) is 78.9 Å². The van der Waals surface area contributed by atoms with Gasteiger partial charge in [-0.15, -0.1) is 0 Å². The molecule has 0 radical (unpaired) electrons. The Kier molecular flexibility index (Phi) is 47.2. The Balaban J connectivity index is 4.57. The Labute approximate surface area is 391 Å². The van der Waals surface area contributed by atoms with E-state index in [-0.39, 0.29) is 37.5 Å². The van der Waals surface area contributed by atoms with Crippen LogP contribution in [0.15, 0.2) is 146 Å². The monoisotopic (exact) mass is 881 g/mol. The van der Waals surface area contributed by atoms with E-state index in [1.807, 2.05) is 60.8 Å². The molecule has 6 heteroatoms. The largest absolute Gasteiger partial charge is 0.462 e. The molecule has 0 aromatic rings. The molecule has 0 amide bonds. The van der Waals surface area contributed by atoms with Crippen LogP contribution in [0.25, 0.3) is 0 Å². The number of ether oxygens (including phenoxy) is 3. The van der Waals surface area contributed by atoms with Gasteiger partial charge in [0.05, 0.1) is 0 Å². The van der Waals surface area contributed by atoms with Crippen molar-refractivity contribution in [3.8, 4) is 0 Å². The van der Waals surface area contributed by atoms with Gasteiger partial charge in [-0.2, -0.15) is 0 Å². The van der Waals surface area contributed by atoms with Gasteiger partial charge in [0.2, 0.25) is 0 Å². The van der Waals surface area contributed by atoms with Crippen molar-refractivity contribution in [2.45, 2.75) is 187 Å². The molecular formula is C58H88O6. The van der Waals surface area contributed by atoms with Crippen LogP contribution in [0.2, 0.25) is 0 Å². The van der Waals surface area contributed by atoms with Gasteiger partial charge < -0.3 is 14.2 Å². The summed E-state index contributed by atoms with van der Waals surface area (Å²) in [6, 6.07) is 0. The maximum Gasteiger partial charge on any atom is 0.306 e. The molecule has 0 aliphatic rings. The summed E-state index contributed by atoms with van der Waals surface area (Å²) in [7, 11) is 0. The van der Waals surface area contributed by atoms with Crippen LogP contribution in [-0.4, -0.2) is 37.2 Å². The molecule has 0 fully saturated rings.